The molecule has 3 N–H and O–H groups in total. The third-order valence-electron chi connectivity index (χ3n) is 2.77. The number of halogens is 3. The van der Waals surface area contributed by atoms with Gasteiger partial charge in [-0.1, -0.05) is 0 Å². The molecule has 0 saturated carbocycles. The summed E-state index contributed by atoms with van der Waals surface area (Å²) in [5.41, 5.74) is 6.44. The smallest absolute Gasteiger partial charge is 0.255 e. The second kappa shape index (κ2) is 5.24. The molecular weight excluding hydrogens is 269 g/mol. The van der Waals surface area contributed by atoms with Crippen molar-refractivity contribution >= 4 is 17.3 Å². The van der Waals surface area contributed by atoms with Gasteiger partial charge in [-0.15, -0.1) is 0 Å². The number of carbonyl (C=O) groups excluding carboxylic acids is 1. The molecule has 0 bridgehead atoms. The van der Waals surface area contributed by atoms with Crippen molar-refractivity contribution < 1.29 is 18.0 Å². The number of nitrogens with one attached hydrogen (secondary N) is 1. The summed E-state index contributed by atoms with van der Waals surface area (Å²) >= 11 is 0. The topological polar surface area (TPSA) is 55.1 Å². The molecule has 0 radical (unpaired) electrons. The lowest BCUT2D eigenvalue weighted by Gasteiger charge is -2.08. The third-order valence-corrected chi connectivity index (χ3v) is 2.77. The molecular formula is C14H11F3N2O. The predicted molar refractivity (Wildman–Crippen MR) is 69.9 cm³/mol. The minimum absolute atomic E-state index is 0.209. The van der Waals surface area contributed by atoms with Crippen LogP contribution < -0.4 is 11.1 Å². The molecule has 1 amide bonds. The minimum atomic E-state index is -1.37. The summed E-state index contributed by atoms with van der Waals surface area (Å²) < 4.78 is 39.5. The Bertz CT molecular complexity index is 686. The molecule has 0 unspecified atom stereocenters. The van der Waals surface area contributed by atoms with E-state index < -0.39 is 29.0 Å². The molecule has 0 spiro atoms. The Labute approximate surface area is 113 Å². The molecule has 104 valence electrons. The standard InChI is InChI=1S/C14H11F3N2O/c1-7-4-8(2-3-11(7)18)14(20)19-12-6-9(15)5-10(16)13(12)17/h2-6H,18H2,1H3,(H,19,20). The van der Waals surface area contributed by atoms with Gasteiger partial charge < -0.3 is 11.1 Å². The number of benzene rings is 2. The number of rotatable bonds is 2. The highest BCUT2D eigenvalue weighted by molar-refractivity contribution is 6.04. The highest BCUT2D eigenvalue weighted by Gasteiger charge is 2.14. The van der Waals surface area contributed by atoms with Gasteiger partial charge in [0.25, 0.3) is 5.91 Å². The lowest BCUT2D eigenvalue weighted by atomic mass is 10.1. The Hall–Kier alpha value is -2.50. The van der Waals surface area contributed by atoms with Gasteiger partial charge in [0.15, 0.2) is 11.6 Å². The van der Waals surface area contributed by atoms with Crippen LogP contribution in [-0.2, 0) is 0 Å². The second-order valence-corrected chi connectivity index (χ2v) is 4.27. The van der Waals surface area contributed by atoms with Crippen molar-refractivity contribution in [3.8, 4) is 0 Å². The molecule has 2 aromatic rings. The predicted octanol–water partition coefficient (Wildman–Crippen LogP) is 3.25. The van der Waals surface area contributed by atoms with Crippen LogP contribution in [0.25, 0.3) is 0 Å². The quantitative estimate of drug-likeness (QED) is 0.655. The van der Waals surface area contributed by atoms with E-state index in [0.29, 0.717) is 23.4 Å². The van der Waals surface area contributed by atoms with Gasteiger partial charge in [-0.2, -0.15) is 0 Å². The first kappa shape index (κ1) is 13.9. The molecule has 0 aromatic heterocycles. The zero-order chi connectivity index (χ0) is 14.9. The molecule has 0 saturated heterocycles. The first-order chi connectivity index (χ1) is 9.38. The van der Waals surface area contributed by atoms with E-state index in [0.717, 1.165) is 0 Å². The molecule has 6 heteroatoms. The molecule has 0 heterocycles. The normalized spacial score (nSPS) is 10.4. The molecule has 2 aromatic carbocycles. The highest BCUT2D eigenvalue weighted by Crippen LogP contribution is 2.20. The van der Waals surface area contributed by atoms with Crippen molar-refractivity contribution in [3.05, 3.63) is 58.9 Å². The van der Waals surface area contributed by atoms with Gasteiger partial charge in [-0.05, 0) is 30.7 Å². The Morgan fingerprint density at radius 2 is 1.85 bits per heavy atom. The number of nitrogen functional groups attached to an aromatic ring is 1. The lowest BCUT2D eigenvalue weighted by Crippen LogP contribution is -2.14. The van der Waals surface area contributed by atoms with Crippen LogP contribution in [0.4, 0.5) is 24.5 Å². The number of aryl methyl sites for hydroxylation is 1. The fraction of sp³-hybridized carbons (Fsp3) is 0.0714. The van der Waals surface area contributed by atoms with Gasteiger partial charge in [-0.25, -0.2) is 13.2 Å². The van der Waals surface area contributed by atoms with E-state index in [-0.39, 0.29) is 5.56 Å². The summed E-state index contributed by atoms with van der Waals surface area (Å²) in [4.78, 5) is 11.9. The van der Waals surface area contributed by atoms with Gasteiger partial charge in [0.05, 0.1) is 5.69 Å². The number of anilines is 2. The first-order valence-corrected chi connectivity index (χ1v) is 5.70. The van der Waals surface area contributed by atoms with Crippen molar-refractivity contribution in [3.63, 3.8) is 0 Å². The second-order valence-electron chi connectivity index (χ2n) is 4.27. The van der Waals surface area contributed by atoms with Crippen LogP contribution in [0.3, 0.4) is 0 Å². The molecule has 3 nitrogen and oxygen atoms in total. The van der Waals surface area contributed by atoms with Crippen LogP contribution in [0.1, 0.15) is 15.9 Å². The van der Waals surface area contributed by atoms with Crippen molar-refractivity contribution in [2.24, 2.45) is 0 Å². The summed E-state index contributed by atoms with van der Waals surface area (Å²) in [6, 6.07) is 5.56. The Morgan fingerprint density at radius 3 is 2.50 bits per heavy atom. The maximum atomic E-state index is 13.4. The Kier molecular flexibility index (Phi) is 3.65. The molecule has 20 heavy (non-hydrogen) atoms. The maximum absolute atomic E-state index is 13.4. The summed E-state index contributed by atoms with van der Waals surface area (Å²) in [6.45, 7) is 1.70. The largest absolute Gasteiger partial charge is 0.399 e. The summed E-state index contributed by atoms with van der Waals surface area (Å²) in [6.07, 6.45) is 0. The number of hydrogen-bond donors (Lipinski definition) is 2. The van der Waals surface area contributed by atoms with Crippen LogP contribution in [0.15, 0.2) is 30.3 Å². The van der Waals surface area contributed by atoms with Crippen molar-refractivity contribution in [1.29, 1.82) is 0 Å². The number of nitrogens with two attached hydrogens (primary N) is 1. The molecule has 0 aliphatic heterocycles. The molecule has 2 rings (SSSR count). The molecule has 0 aliphatic carbocycles. The zero-order valence-electron chi connectivity index (χ0n) is 10.5. The van der Waals surface area contributed by atoms with E-state index in [1.165, 1.54) is 18.2 Å². The fourth-order valence-corrected chi connectivity index (χ4v) is 1.66. The Morgan fingerprint density at radius 1 is 1.15 bits per heavy atom. The average Bonchev–Trinajstić information content (AvgIpc) is 2.38. The van der Waals surface area contributed by atoms with E-state index in [1.807, 2.05) is 0 Å². The lowest BCUT2D eigenvalue weighted by molar-refractivity contribution is 0.102. The van der Waals surface area contributed by atoms with E-state index in [1.54, 1.807) is 6.92 Å². The average molecular weight is 280 g/mol. The summed E-state index contributed by atoms with van der Waals surface area (Å²) in [5, 5.41) is 2.12. The van der Waals surface area contributed by atoms with Gasteiger partial charge in [0.1, 0.15) is 5.82 Å². The minimum Gasteiger partial charge on any atom is -0.399 e. The highest BCUT2D eigenvalue weighted by atomic mass is 19.2. The van der Waals surface area contributed by atoms with Gasteiger partial charge in [0.2, 0.25) is 0 Å². The summed E-state index contributed by atoms with van der Waals surface area (Å²) in [7, 11) is 0. The first-order valence-electron chi connectivity index (χ1n) is 5.70. The van der Waals surface area contributed by atoms with Gasteiger partial charge in [-0.3, -0.25) is 4.79 Å². The maximum Gasteiger partial charge on any atom is 0.255 e. The van der Waals surface area contributed by atoms with Crippen LogP contribution in [0.2, 0.25) is 0 Å². The number of amides is 1. The third kappa shape index (κ3) is 2.74. The van der Waals surface area contributed by atoms with E-state index in [4.69, 9.17) is 5.73 Å². The fourth-order valence-electron chi connectivity index (χ4n) is 1.66. The van der Waals surface area contributed by atoms with Crippen molar-refractivity contribution in [2.75, 3.05) is 11.1 Å². The summed E-state index contributed by atoms with van der Waals surface area (Å²) in [5.74, 6) is -4.34. The van der Waals surface area contributed by atoms with Gasteiger partial charge >= 0.3 is 0 Å². The number of hydrogen-bond acceptors (Lipinski definition) is 2. The molecule has 0 atom stereocenters. The van der Waals surface area contributed by atoms with Crippen molar-refractivity contribution in [1.82, 2.24) is 0 Å². The van der Waals surface area contributed by atoms with Crippen LogP contribution in [0, 0.1) is 24.4 Å². The Balaban J connectivity index is 2.30. The zero-order valence-corrected chi connectivity index (χ0v) is 10.5. The van der Waals surface area contributed by atoms with Crippen molar-refractivity contribution in [2.45, 2.75) is 6.92 Å². The van der Waals surface area contributed by atoms with Crippen LogP contribution in [-0.4, -0.2) is 5.91 Å². The monoisotopic (exact) mass is 280 g/mol. The van der Waals surface area contributed by atoms with Crippen LogP contribution in [0.5, 0.6) is 0 Å². The van der Waals surface area contributed by atoms with E-state index in [2.05, 4.69) is 5.32 Å². The van der Waals surface area contributed by atoms with Gasteiger partial charge in [0, 0.05) is 23.4 Å². The van der Waals surface area contributed by atoms with E-state index >= 15 is 0 Å². The van der Waals surface area contributed by atoms with Crippen LogP contribution >= 0.6 is 0 Å². The molecule has 0 fully saturated rings. The molecule has 0 aliphatic rings. The SMILES string of the molecule is Cc1cc(C(=O)Nc2cc(F)cc(F)c2F)ccc1N. The number of carbonyl (C=O) groups is 1. The van der Waals surface area contributed by atoms with E-state index in [9.17, 15) is 18.0 Å².